The van der Waals surface area contributed by atoms with E-state index in [1.54, 1.807) is 11.1 Å². The summed E-state index contributed by atoms with van der Waals surface area (Å²) in [6.45, 7) is 0.389. The molecule has 10 heteroatoms. The van der Waals surface area contributed by atoms with Crippen LogP contribution in [0.1, 0.15) is 44.9 Å². The predicted molar refractivity (Wildman–Crippen MR) is 161 cm³/mol. The molecule has 1 saturated heterocycles. The number of hydrogen-bond acceptors (Lipinski definition) is 7. The number of hydrogen-bond donors (Lipinski definition) is 2. The van der Waals surface area contributed by atoms with Crippen molar-refractivity contribution in [2.24, 2.45) is 17.8 Å². The van der Waals surface area contributed by atoms with E-state index in [9.17, 15) is 24.6 Å². The molecule has 218 valence electrons. The van der Waals surface area contributed by atoms with E-state index in [1.807, 2.05) is 53.9 Å². The Hall–Kier alpha value is -3.89. The smallest absolute Gasteiger partial charge is 0.304 e. The van der Waals surface area contributed by atoms with Gasteiger partial charge < -0.3 is 10.2 Å². The summed E-state index contributed by atoms with van der Waals surface area (Å²) in [6, 6.07) is 11.0. The minimum Gasteiger partial charge on any atom is -0.481 e. The number of aromatic nitrogens is 2. The van der Waals surface area contributed by atoms with Crippen molar-refractivity contribution in [3.05, 3.63) is 60.1 Å². The number of carbonyl (C=O) groups excluding carboxylic acids is 2. The number of aliphatic carboxylic acids is 1. The third-order valence-electron chi connectivity index (χ3n) is 8.74. The Morgan fingerprint density at radius 3 is 2.48 bits per heavy atom. The Kier molecular flexibility index (Phi) is 8.17. The SMILES string of the molecule is O=C(O)C[C@@H]1C(=O)N(c2nc(-c3ccccc3-c3ccc(N4CCCC4=O)nc3)cs2)[C@@H](CO)C=C[C@@H]1C1CCCC1. The zero-order chi connectivity index (χ0) is 29.2. The van der Waals surface area contributed by atoms with E-state index in [0.29, 0.717) is 29.6 Å². The minimum atomic E-state index is -1.00. The van der Waals surface area contributed by atoms with Gasteiger partial charge in [-0.25, -0.2) is 9.97 Å². The average molecular weight is 587 g/mol. The molecule has 2 fully saturated rings. The number of carboxylic acid groups (broad SMARTS) is 1. The van der Waals surface area contributed by atoms with E-state index >= 15 is 0 Å². The van der Waals surface area contributed by atoms with Crippen LogP contribution < -0.4 is 9.80 Å². The van der Waals surface area contributed by atoms with Crippen LogP contribution in [0.25, 0.3) is 22.4 Å². The molecule has 0 bridgehead atoms. The molecule has 3 aliphatic rings. The van der Waals surface area contributed by atoms with E-state index in [4.69, 9.17) is 4.98 Å². The third kappa shape index (κ3) is 5.48. The number of allylic oxidation sites excluding steroid dienone is 1. The van der Waals surface area contributed by atoms with Gasteiger partial charge in [-0.15, -0.1) is 11.3 Å². The van der Waals surface area contributed by atoms with Gasteiger partial charge in [-0.3, -0.25) is 24.2 Å². The Bertz CT molecular complexity index is 1500. The van der Waals surface area contributed by atoms with Crippen LogP contribution in [-0.4, -0.2) is 57.2 Å². The van der Waals surface area contributed by atoms with Crippen LogP contribution in [0.3, 0.4) is 0 Å². The highest BCUT2D eigenvalue weighted by atomic mass is 32.1. The van der Waals surface area contributed by atoms with Crippen LogP contribution >= 0.6 is 11.3 Å². The number of thiazole rings is 1. The number of benzene rings is 1. The quantitative estimate of drug-likeness (QED) is 0.350. The van der Waals surface area contributed by atoms with Crippen molar-refractivity contribution in [3.8, 4) is 22.4 Å². The van der Waals surface area contributed by atoms with Gasteiger partial charge in [0, 0.05) is 35.7 Å². The molecule has 3 aromatic rings. The molecule has 6 rings (SSSR count). The lowest BCUT2D eigenvalue weighted by Gasteiger charge is -2.31. The number of carboxylic acids is 1. The maximum absolute atomic E-state index is 14.1. The number of amides is 2. The summed E-state index contributed by atoms with van der Waals surface area (Å²) >= 11 is 1.30. The van der Waals surface area contributed by atoms with Crippen LogP contribution in [0.15, 0.2) is 60.1 Å². The summed E-state index contributed by atoms with van der Waals surface area (Å²) in [4.78, 5) is 50.7. The van der Waals surface area contributed by atoms with E-state index in [0.717, 1.165) is 48.8 Å². The second-order valence-corrected chi connectivity index (χ2v) is 12.1. The van der Waals surface area contributed by atoms with Gasteiger partial charge in [-0.1, -0.05) is 49.3 Å². The van der Waals surface area contributed by atoms with Gasteiger partial charge >= 0.3 is 5.97 Å². The van der Waals surface area contributed by atoms with Crippen LogP contribution in [-0.2, 0) is 14.4 Å². The van der Waals surface area contributed by atoms with Gasteiger partial charge in [-0.05, 0) is 48.8 Å². The first kappa shape index (κ1) is 28.2. The van der Waals surface area contributed by atoms with Gasteiger partial charge in [0.25, 0.3) is 0 Å². The first-order valence-corrected chi connectivity index (χ1v) is 15.5. The summed E-state index contributed by atoms with van der Waals surface area (Å²) in [7, 11) is 0. The summed E-state index contributed by atoms with van der Waals surface area (Å²) in [5.41, 5.74) is 3.31. The number of aliphatic hydroxyl groups is 1. The van der Waals surface area contributed by atoms with Gasteiger partial charge in [0.1, 0.15) is 5.82 Å². The zero-order valence-electron chi connectivity index (χ0n) is 23.3. The number of carbonyl (C=O) groups is 3. The maximum atomic E-state index is 14.1. The molecule has 42 heavy (non-hydrogen) atoms. The van der Waals surface area contributed by atoms with Crippen molar-refractivity contribution in [1.82, 2.24) is 9.97 Å². The van der Waals surface area contributed by atoms with E-state index in [1.165, 1.54) is 16.2 Å². The largest absolute Gasteiger partial charge is 0.481 e. The molecular formula is C32H34N4O5S. The van der Waals surface area contributed by atoms with Crippen LogP contribution in [0.5, 0.6) is 0 Å². The molecular weight excluding hydrogens is 552 g/mol. The first-order chi connectivity index (χ1) is 20.4. The standard InChI is InChI=1S/C32H34N4O5S/c37-18-22-12-13-24(20-6-1-2-7-20)26(16-30(39)40)31(41)36(22)32-34-27(19-42-32)25-9-4-3-8-23(25)21-11-14-28(33-17-21)35-15-5-10-29(35)38/h3-4,8-9,11-14,17,19-20,22,24,26,37H,1-2,5-7,10,15-16,18H2,(H,39,40)/t22-,24-,26+/m1/s1. The second-order valence-electron chi connectivity index (χ2n) is 11.3. The molecule has 2 aliphatic heterocycles. The molecule has 0 unspecified atom stereocenters. The van der Waals surface area contributed by atoms with E-state index in [-0.39, 0.29) is 36.7 Å². The fourth-order valence-electron chi connectivity index (χ4n) is 6.65. The van der Waals surface area contributed by atoms with E-state index in [2.05, 4.69) is 4.98 Å². The predicted octanol–water partition coefficient (Wildman–Crippen LogP) is 5.16. The Balaban J connectivity index is 1.31. The lowest BCUT2D eigenvalue weighted by atomic mass is 9.78. The lowest BCUT2D eigenvalue weighted by molar-refractivity contribution is -0.141. The van der Waals surface area contributed by atoms with Gasteiger partial charge in [-0.2, -0.15) is 0 Å². The number of anilines is 2. The molecule has 0 radical (unpaired) electrons. The highest BCUT2D eigenvalue weighted by molar-refractivity contribution is 7.14. The summed E-state index contributed by atoms with van der Waals surface area (Å²) in [5.74, 6) is -1.21. The molecule has 1 aliphatic carbocycles. The van der Waals surface area contributed by atoms with Crippen LogP contribution in [0, 0.1) is 17.8 Å². The summed E-state index contributed by atoms with van der Waals surface area (Å²) < 4.78 is 0. The van der Waals surface area contributed by atoms with Gasteiger partial charge in [0.15, 0.2) is 5.13 Å². The first-order valence-electron chi connectivity index (χ1n) is 14.6. The van der Waals surface area contributed by atoms with E-state index < -0.39 is 17.9 Å². The monoisotopic (exact) mass is 586 g/mol. The Morgan fingerprint density at radius 2 is 1.81 bits per heavy atom. The topological polar surface area (TPSA) is 124 Å². The van der Waals surface area contributed by atoms with Crippen molar-refractivity contribution in [2.75, 3.05) is 23.0 Å². The van der Waals surface area contributed by atoms with Crippen LogP contribution in [0.4, 0.5) is 10.9 Å². The molecule has 2 amide bonds. The highest BCUT2D eigenvalue weighted by Gasteiger charge is 2.42. The Labute approximate surface area is 248 Å². The van der Waals surface area contributed by atoms with Crippen molar-refractivity contribution in [1.29, 1.82) is 0 Å². The highest BCUT2D eigenvalue weighted by Crippen LogP contribution is 2.42. The molecule has 0 spiro atoms. The van der Waals surface area contributed by atoms with Gasteiger partial charge in [0.2, 0.25) is 11.8 Å². The van der Waals surface area contributed by atoms with Crippen molar-refractivity contribution in [2.45, 2.75) is 51.0 Å². The zero-order valence-corrected chi connectivity index (χ0v) is 24.1. The van der Waals surface area contributed by atoms with Crippen molar-refractivity contribution >= 4 is 40.1 Å². The molecule has 4 heterocycles. The average Bonchev–Trinajstić information content (AvgIpc) is 3.77. The lowest BCUT2D eigenvalue weighted by Crippen LogP contribution is -2.45. The second kappa shape index (κ2) is 12.1. The fourth-order valence-corrected chi connectivity index (χ4v) is 7.54. The molecule has 2 N–H and O–H groups in total. The van der Waals surface area contributed by atoms with Gasteiger partial charge in [0.05, 0.1) is 30.7 Å². The van der Waals surface area contributed by atoms with Crippen LogP contribution in [0.2, 0.25) is 0 Å². The number of aliphatic hydroxyl groups excluding tert-OH is 1. The van der Waals surface area contributed by atoms with Crippen molar-refractivity contribution in [3.63, 3.8) is 0 Å². The minimum absolute atomic E-state index is 0.0879. The molecule has 9 nitrogen and oxygen atoms in total. The molecule has 3 atom stereocenters. The summed E-state index contributed by atoms with van der Waals surface area (Å²) in [6.07, 6.45) is 10.8. The molecule has 1 saturated carbocycles. The molecule has 2 aromatic heterocycles. The number of nitrogens with zero attached hydrogens (tertiary/aromatic N) is 4. The third-order valence-corrected chi connectivity index (χ3v) is 9.58. The number of rotatable bonds is 8. The maximum Gasteiger partial charge on any atom is 0.304 e. The fraction of sp³-hybridized carbons (Fsp3) is 0.406. The normalized spacial score (nSPS) is 23.1. The molecule has 1 aromatic carbocycles. The van der Waals surface area contributed by atoms with Crippen molar-refractivity contribution < 1.29 is 24.6 Å². The number of pyridine rings is 1. The summed E-state index contributed by atoms with van der Waals surface area (Å²) in [5, 5.41) is 22.3. The Morgan fingerprint density at radius 1 is 1.02 bits per heavy atom.